The van der Waals surface area contributed by atoms with Gasteiger partial charge in [-0.25, -0.2) is 19.2 Å². The molecule has 0 spiro atoms. The number of esters is 2. The molecule has 38 heavy (non-hydrogen) atoms. The fraction of sp³-hybridized carbons (Fsp3) is 0.714. The summed E-state index contributed by atoms with van der Waals surface area (Å²) in [5, 5.41) is 5.20. The molecule has 3 fully saturated rings. The maximum Gasteiger partial charge on any atom is 0.407 e. The molecular weight excluding hydrogens is 492 g/mol. The molecule has 3 rings (SSSR count). The molecule has 2 N–H and O–H groups in total. The highest BCUT2D eigenvalue weighted by Crippen LogP contribution is 2.63. The van der Waals surface area contributed by atoms with Gasteiger partial charge in [-0.3, -0.25) is 0 Å². The van der Waals surface area contributed by atoms with Gasteiger partial charge in [-0.15, -0.1) is 0 Å². The lowest BCUT2D eigenvalue weighted by atomic mass is 9.71. The number of hydrogen-bond donors (Lipinski definition) is 2. The van der Waals surface area contributed by atoms with Gasteiger partial charge in [0.05, 0.1) is 26.3 Å². The number of ether oxygens (including phenoxy) is 4. The molecule has 0 aromatic carbocycles. The van der Waals surface area contributed by atoms with E-state index < -0.39 is 24.1 Å². The summed E-state index contributed by atoms with van der Waals surface area (Å²) in [6, 6.07) is 0. The summed E-state index contributed by atoms with van der Waals surface area (Å²) < 4.78 is 20.6. The predicted octanol–water partition coefficient (Wildman–Crippen LogP) is 3.76. The van der Waals surface area contributed by atoms with E-state index >= 15 is 0 Å². The van der Waals surface area contributed by atoms with E-state index in [0.29, 0.717) is 48.0 Å². The maximum atomic E-state index is 12.0. The van der Waals surface area contributed by atoms with Crippen LogP contribution in [-0.2, 0) is 28.5 Å². The zero-order chi connectivity index (χ0) is 27.7. The Hall–Kier alpha value is -3.04. The van der Waals surface area contributed by atoms with Crippen molar-refractivity contribution in [2.45, 2.75) is 52.4 Å². The molecule has 3 saturated carbocycles. The summed E-state index contributed by atoms with van der Waals surface area (Å²) in [4.78, 5) is 46.6. The third-order valence-electron chi connectivity index (χ3n) is 8.14. The van der Waals surface area contributed by atoms with Crippen LogP contribution in [0.4, 0.5) is 9.59 Å². The summed E-state index contributed by atoms with van der Waals surface area (Å²) >= 11 is 0. The minimum Gasteiger partial charge on any atom is -0.460 e. The highest BCUT2D eigenvalue weighted by Gasteiger charge is 2.56. The third-order valence-corrected chi connectivity index (χ3v) is 8.14. The summed E-state index contributed by atoms with van der Waals surface area (Å²) in [6.45, 7) is 11.4. The minimum atomic E-state index is -0.499. The normalized spacial score (nSPS) is 26.7. The van der Waals surface area contributed by atoms with Gasteiger partial charge in [0.15, 0.2) is 0 Å². The van der Waals surface area contributed by atoms with Crippen molar-refractivity contribution >= 4 is 24.1 Å². The second-order valence-corrected chi connectivity index (χ2v) is 10.8. The Kier molecular flexibility index (Phi) is 11.0. The Morgan fingerprint density at radius 1 is 0.684 bits per heavy atom. The first-order valence-electron chi connectivity index (χ1n) is 13.6. The molecule has 10 nitrogen and oxygen atoms in total. The number of carbonyl (C=O) groups excluding carboxylic acids is 4. The second kappa shape index (κ2) is 14.2. The summed E-state index contributed by atoms with van der Waals surface area (Å²) in [5.74, 6) is 2.96. The Morgan fingerprint density at radius 2 is 1.21 bits per heavy atom. The van der Waals surface area contributed by atoms with E-state index in [0.717, 1.165) is 24.7 Å². The Bertz CT molecular complexity index is 903. The lowest BCUT2D eigenvalue weighted by Crippen LogP contribution is -2.32. The SMILES string of the molecule is C=C(C)C(=O)OCCNC(=O)OCCC1CC2CC1C1C(CCOC(=O)NCCOC(=O)C(=C)C)CCC21. The fourth-order valence-electron chi connectivity index (χ4n) is 6.60. The van der Waals surface area contributed by atoms with Crippen molar-refractivity contribution in [1.82, 2.24) is 10.6 Å². The first-order valence-corrected chi connectivity index (χ1v) is 13.6. The van der Waals surface area contributed by atoms with Crippen molar-refractivity contribution in [2.24, 2.45) is 35.5 Å². The van der Waals surface area contributed by atoms with Gasteiger partial charge < -0.3 is 29.6 Å². The molecule has 3 aliphatic rings. The van der Waals surface area contributed by atoms with Gasteiger partial charge in [0, 0.05) is 11.1 Å². The van der Waals surface area contributed by atoms with Gasteiger partial charge in [0.2, 0.25) is 0 Å². The Balaban J connectivity index is 1.30. The lowest BCUT2D eigenvalue weighted by Gasteiger charge is -2.34. The Labute approximate surface area is 224 Å². The number of nitrogens with one attached hydrogen (secondary N) is 2. The van der Waals surface area contributed by atoms with Gasteiger partial charge in [-0.1, -0.05) is 13.2 Å². The number of rotatable bonds is 14. The highest BCUT2D eigenvalue weighted by atomic mass is 16.6. The highest BCUT2D eigenvalue weighted by molar-refractivity contribution is 5.87. The van der Waals surface area contributed by atoms with E-state index in [1.807, 2.05) is 0 Å². The summed E-state index contributed by atoms with van der Waals surface area (Å²) in [7, 11) is 0. The fourth-order valence-corrected chi connectivity index (χ4v) is 6.60. The number of amides is 2. The van der Waals surface area contributed by atoms with E-state index in [-0.39, 0.29) is 26.3 Å². The molecule has 2 amide bonds. The topological polar surface area (TPSA) is 129 Å². The van der Waals surface area contributed by atoms with Gasteiger partial charge in [-0.2, -0.15) is 0 Å². The van der Waals surface area contributed by atoms with Gasteiger partial charge in [0.25, 0.3) is 0 Å². The van der Waals surface area contributed by atoms with Crippen molar-refractivity contribution in [3.63, 3.8) is 0 Å². The lowest BCUT2D eigenvalue weighted by molar-refractivity contribution is -0.139. The summed E-state index contributed by atoms with van der Waals surface area (Å²) in [6.07, 6.45) is 5.58. The monoisotopic (exact) mass is 534 g/mol. The molecule has 3 aliphatic carbocycles. The van der Waals surface area contributed by atoms with Crippen LogP contribution in [0.5, 0.6) is 0 Å². The predicted molar refractivity (Wildman–Crippen MR) is 139 cm³/mol. The standard InChI is InChI=1S/C28H42N2O8/c1-17(2)25(31)35-13-9-29-27(33)37-11-7-19-5-6-22-21-15-20(23(16-21)24(19)22)8-12-38-28(34)30-10-14-36-26(32)18(3)4/h19-24H,1,3,5-16H2,2,4H3,(H,29,33)(H,30,34). The molecule has 2 bridgehead atoms. The van der Waals surface area contributed by atoms with Gasteiger partial charge >= 0.3 is 24.1 Å². The molecule has 6 unspecified atom stereocenters. The molecular formula is C28H42N2O8. The van der Waals surface area contributed by atoms with Crippen molar-refractivity contribution < 1.29 is 38.1 Å². The van der Waals surface area contributed by atoms with Crippen LogP contribution >= 0.6 is 0 Å². The molecule has 0 aromatic heterocycles. The van der Waals surface area contributed by atoms with Crippen LogP contribution in [0.2, 0.25) is 0 Å². The van der Waals surface area contributed by atoms with Crippen molar-refractivity contribution in [1.29, 1.82) is 0 Å². The largest absolute Gasteiger partial charge is 0.460 e. The van der Waals surface area contributed by atoms with E-state index in [2.05, 4.69) is 23.8 Å². The molecule has 0 aliphatic heterocycles. The average molecular weight is 535 g/mol. The van der Waals surface area contributed by atoms with E-state index in [1.54, 1.807) is 13.8 Å². The van der Waals surface area contributed by atoms with Gasteiger partial charge in [0.1, 0.15) is 13.2 Å². The zero-order valence-electron chi connectivity index (χ0n) is 22.6. The van der Waals surface area contributed by atoms with Crippen LogP contribution in [0.3, 0.4) is 0 Å². The molecule has 6 atom stereocenters. The van der Waals surface area contributed by atoms with Crippen LogP contribution in [0.25, 0.3) is 0 Å². The molecule has 0 aromatic rings. The minimum absolute atomic E-state index is 0.0773. The summed E-state index contributed by atoms with van der Waals surface area (Å²) in [5.41, 5.74) is 0.637. The van der Waals surface area contributed by atoms with Crippen LogP contribution in [-0.4, -0.2) is 63.6 Å². The first-order chi connectivity index (χ1) is 18.2. The van der Waals surface area contributed by atoms with Crippen molar-refractivity contribution in [3.05, 3.63) is 24.3 Å². The van der Waals surface area contributed by atoms with Crippen molar-refractivity contribution in [3.8, 4) is 0 Å². The van der Waals surface area contributed by atoms with Crippen LogP contribution in [0.15, 0.2) is 24.3 Å². The molecule has 0 saturated heterocycles. The molecule has 0 radical (unpaired) electrons. The average Bonchev–Trinajstić information content (AvgIpc) is 3.57. The number of hydrogen-bond acceptors (Lipinski definition) is 8. The molecule has 212 valence electrons. The van der Waals surface area contributed by atoms with Crippen LogP contribution in [0, 0.1) is 35.5 Å². The van der Waals surface area contributed by atoms with Gasteiger partial charge in [-0.05, 0) is 87.9 Å². The number of carbonyl (C=O) groups is 4. The smallest absolute Gasteiger partial charge is 0.407 e. The quantitative estimate of drug-likeness (QED) is 0.149. The number of fused-ring (bicyclic) bond motifs is 5. The Morgan fingerprint density at radius 3 is 1.74 bits per heavy atom. The van der Waals surface area contributed by atoms with Crippen LogP contribution < -0.4 is 10.6 Å². The van der Waals surface area contributed by atoms with Crippen molar-refractivity contribution in [2.75, 3.05) is 39.5 Å². The van der Waals surface area contributed by atoms with E-state index in [1.165, 1.54) is 25.7 Å². The van der Waals surface area contributed by atoms with E-state index in [9.17, 15) is 19.2 Å². The molecule has 0 heterocycles. The third kappa shape index (κ3) is 8.23. The molecule has 10 heteroatoms. The zero-order valence-corrected chi connectivity index (χ0v) is 22.6. The van der Waals surface area contributed by atoms with Crippen LogP contribution in [0.1, 0.15) is 52.4 Å². The first kappa shape index (κ1) is 29.5. The second-order valence-electron chi connectivity index (χ2n) is 10.8. The maximum absolute atomic E-state index is 12.0. The van der Waals surface area contributed by atoms with E-state index in [4.69, 9.17) is 18.9 Å². The number of alkyl carbamates (subject to hydrolysis) is 2.